The zero-order valence-corrected chi connectivity index (χ0v) is 13.0. The van der Waals surface area contributed by atoms with E-state index < -0.39 is 0 Å². The van der Waals surface area contributed by atoms with Crippen LogP contribution in [0.15, 0.2) is 25.3 Å². The summed E-state index contributed by atoms with van der Waals surface area (Å²) in [5, 5.41) is 8.38. The average Bonchev–Trinajstić information content (AvgIpc) is 2.38. The van der Waals surface area contributed by atoms with Crippen LogP contribution in [0, 0.1) is 0 Å². The van der Waals surface area contributed by atoms with E-state index >= 15 is 0 Å². The molecule has 0 atom stereocenters. The molecule has 19 heavy (non-hydrogen) atoms. The lowest BCUT2D eigenvalue weighted by atomic mass is 10.1. The first kappa shape index (κ1) is 23.0. The van der Waals surface area contributed by atoms with Gasteiger partial charge in [0.25, 0.3) is 0 Å². The highest BCUT2D eigenvalue weighted by Gasteiger charge is 2.00. The first-order chi connectivity index (χ1) is 9.14. The average molecular weight is 272 g/mol. The van der Waals surface area contributed by atoms with Crippen molar-refractivity contribution in [1.29, 1.82) is 0 Å². The molecule has 1 N–H and O–H groups in total. The second-order valence-electron chi connectivity index (χ2n) is 3.92. The van der Waals surface area contributed by atoms with E-state index in [1.54, 1.807) is 12.2 Å². The summed E-state index contributed by atoms with van der Waals surface area (Å²) in [5.41, 5.74) is 0. The minimum Gasteiger partial charge on any atom is -0.463 e. The molecule has 0 saturated heterocycles. The second kappa shape index (κ2) is 25.7. The van der Waals surface area contributed by atoms with Crippen molar-refractivity contribution in [1.82, 2.24) is 0 Å². The normalized spacial score (nSPS) is 8.21. The molecule has 0 fully saturated rings. The zero-order chi connectivity index (χ0) is 15.4. The number of allylic oxidation sites excluding steroid dienone is 2. The molecule has 3 nitrogen and oxygen atoms in total. The molecule has 0 aromatic carbocycles. The van der Waals surface area contributed by atoms with Gasteiger partial charge in [0.05, 0.1) is 6.61 Å². The van der Waals surface area contributed by atoms with E-state index in [1.807, 2.05) is 13.8 Å². The Morgan fingerprint density at radius 3 is 2.00 bits per heavy atom. The third kappa shape index (κ3) is 38.3. The Labute approximate surface area is 119 Å². The summed E-state index contributed by atoms with van der Waals surface area (Å²) < 4.78 is 4.71. The standard InChI is InChI=1S/C10H20O3.2C3H6/c1-2-3-4-5-6-7-10(12)13-9-8-11;2*1-3-2/h11H,2-9H2,1H3;2*3H,1H2,2H3. The Hall–Kier alpha value is -1.09. The third-order valence-corrected chi connectivity index (χ3v) is 1.84. The van der Waals surface area contributed by atoms with Crippen molar-refractivity contribution in [3.8, 4) is 0 Å². The summed E-state index contributed by atoms with van der Waals surface area (Å²) >= 11 is 0. The van der Waals surface area contributed by atoms with Crippen LogP contribution in [0.5, 0.6) is 0 Å². The van der Waals surface area contributed by atoms with Crippen molar-refractivity contribution in [3.05, 3.63) is 25.3 Å². The Kier molecular flexibility index (Phi) is 31.1. The molecule has 0 aromatic rings. The van der Waals surface area contributed by atoms with Crippen LogP contribution >= 0.6 is 0 Å². The molecule has 0 radical (unpaired) electrons. The summed E-state index contributed by atoms with van der Waals surface area (Å²) in [6, 6.07) is 0. The van der Waals surface area contributed by atoms with E-state index in [0.29, 0.717) is 6.42 Å². The molecule has 3 heteroatoms. The first-order valence-corrected chi connectivity index (χ1v) is 7.05. The van der Waals surface area contributed by atoms with Crippen LogP contribution in [-0.4, -0.2) is 24.3 Å². The molecule has 0 saturated carbocycles. The predicted molar refractivity (Wildman–Crippen MR) is 83.2 cm³/mol. The van der Waals surface area contributed by atoms with Gasteiger partial charge in [-0.15, -0.1) is 13.2 Å². The molecule has 0 rings (SSSR count). The molecule has 0 heterocycles. The van der Waals surface area contributed by atoms with E-state index in [9.17, 15) is 4.79 Å². The summed E-state index contributed by atoms with van der Waals surface area (Å²) in [5.74, 6) is -0.189. The topological polar surface area (TPSA) is 46.5 Å². The van der Waals surface area contributed by atoms with Crippen molar-refractivity contribution in [2.45, 2.75) is 59.3 Å². The first-order valence-electron chi connectivity index (χ1n) is 7.05. The quantitative estimate of drug-likeness (QED) is 0.408. The zero-order valence-electron chi connectivity index (χ0n) is 13.0. The van der Waals surface area contributed by atoms with E-state index in [1.165, 1.54) is 19.3 Å². The van der Waals surface area contributed by atoms with Crippen molar-refractivity contribution >= 4 is 5.97 Å². The predicted octanol–water partition coefficient (Wildman–Crippen LogP) is 4.27. The van der Waals surface area contributed by atoms with Crippen LogP contribution in [0.2, 0.25) is 0 Å². The number of esters is 1. The Bertz CT molecular complexity index is 182. The number of ether oxygens (including phenoxy) is 1. The van der Waals surface area contributed by atoms with Gasteiger partial charge in [0.1, 0.15) is 6.61 Å². The summed E-state index contributed by atoms with van der Waals surface area (Å²) in [6.45, 7) is 12.7. The van der Waals surface area contributed by atoms with Gasteiger partial charge in [0, 0.05) is 6.42 Å². The van der Waals surface area contributed by atoms with Gasteiger partial charge in [-0.25, -0.2) is 0 Å². The van der Waals surface area contributed by atoms with Crippen LogP contribution in [0.4, 0.5) is 0 Å². The highest BCUT2D eigenvalue weighted by molar-refractivity contribution is 5.69. The lowest BCUT2D eigenvalue weighted by Gasteiger charge is -2.02. The lowest BCUT2D eigenvalue weighted by molar-refractivity contribution is -0.144. The Morgan fingerprint density at radius 2 is 1.58 bits per heavy atom. The van der Waals surface area contributed by atoms with Gasteiger partial charge in [0.15, 0.2) is 0 Å². The van der Waals surface area contributed by atoms with Crippen LogP contribution in [-0.2, 0) is 9.53 Å². The fraction of sp³-hybridized carbons (Fsp3) is 0.688. The highest BCUT2D eigenvalue weighted by Crippen LogP contribution is 2.05. The molecule has 0 spiro atoms. The fourth-order valence-corrected chi connectivity index (χ4v) is 1.10. The van der Waals surface area contributed by atoms with Gasteiger partial charge < -0.3 is 9.84 Å². The summed E-state index contributed by atoms with van der Waals surface area (Å²) in [4.78, 5) is 10.9. The molecule has 0 bridgehead atoms. The highest BCUT2D eigenvalue weighted by atomic mass is 16.5. The molecule has 0 aromatic heterocycles. The van der Waals surface area contributed by atoms with E-state index in [2.05, 4.69) is 20.1 Å². The number of hydrogen-bond donors (Lipinski definition) is 1. The molecule has 0 aliphatic heterocycles. The van der Waals surface area contributed by atoms with Gasteiger partial charge in [0.2, 0.25) is 0 Å². The number of unbranched alkanes of at least 4 members (excludes halogenated alkanes) is 4. The monoisotopic (exact) mass is 272 g/mol. The number of hydrogen-bond acceptors (Lipinski definition) is 3. The molecule has 114 valence electrons. The van der Waals surface area contributed by atoms with E-state index in [0.717, 1.165) is 12.8 Å². The van der Waals surface area contributed by atoms with Gasteiger partial charge in [-0.3, -0.25) is 4.79 Å². The Balaban J connectivity index is -0.000000360. The van der Waals surface area contributed by atoms with E-state index in [4.69, 9.17) is 9.84 Å². The maximum Gasteiger partial charge on any atom is 0.305 e. The fourth-order valence-electron chi connectivity index (χ4n) is 1.10. The van der Waals surface area contributed by atoms with Gasteiger partial charge in [-0.2, -0.15) is 0 Å². The van der Waals surface area contributed by atoms with Crippen molar-refractivity contribution in [2.24, 2.45) is 0 Å². The van der Waals surface area contributed by atoms with Crippen molar-refractivity contribution < 1.29 is 14.6 Å². The number of aliphatic hydroxyl groups excluding tert-OH is 1. The minimum absolute atomic E-state index is 0.0818. The number of carbonyl (C=O) groups is 1. The van der Waals surface area contributed by atoms with Crippen LogP contribution in [0.1, 0.15) is 59.3 Å². The van der Waals surface area contributed by atoms with Crippen molar-refractivity contribution in [2.75, 3.05) is 13.2 Å². The smallest absolute Gasteiger partial charge is 0.305 e. The molecule has 0 aliphatic rings. The van der Waals surface area contributed by atoms with E-state index in [-0.39, 0.29) is 19.2 Å². The molecular weight excluding hydrogens is 240 g/mol. The Morgan fingerprint density at radius 1 is 1.11 bits per heavy atom. The van der Waals surface area contributed by atoms with Crippen LogP contribution < -0.4 is 0 Å². The van der Waals surface area contributed by atoms with Crippen LogP contribution in [0.25, 0.3) is 0 Å². The maximum atomic E-state index is 10.9. The summed E-state index contributed by atoms with van der Waals surface area (Å²) in [7, 11) is 0. The summed E-state index contributed by atoms with van der Waals surface area (Å²) in [6.07, 6.45) is 9.65. The third-order valence-electron chi connectivity index (χ3n) is 1.84. The SMILES string of the molecule is C=CC.C=CC.CCCCCCCC(=O)OCCO. The lowest BCUT2D eigenvalue weighted by Crippen LogP contribution is -2.07. The number of rotatable bonds is 8. The number of aliphatic hydroxyl groups is 1. The molecular formula is C16H32O3. The van der Waals surface area contributed by atoms with Crippen LogP contribution in [0.3, 0.4) is 0 Å². The molecule has 0 amide bonds. The minimum atomic E-state index is -0.189. The second-order valence-corrected chi connectivity index (χ2v) is 3.92. The maximum absolute atomic E-state index is 10.9. The number of carbonyl (C=O) groups excluding carboxylic acids is 1. The molecule has 0 unspecified atom stereocenters. The van der Waals surface area contributed by atoms with Gasteiger partial charge in [-0.05, 0) is 20.3 Å². The van der Waals surface area contributed by atoms with Gasteiger partial charge in [-0.1, -0.05) is 44.8 Å². The van der Waals surface area contributed by atoms with Gasteiger partial charge >= 0.3 is 5.97 Å². The largest absolute Gasteiger partial charge is 0.463 e. The molecule has 0 aliphatic carbocycles. The van der Waals surface area contributed by atoms with Crippen molar-refractivity contribution in [3.63, 3.8) is 0 Å².